The van der Waals surface area contributed by atoms with Gasteiger partial charge in [-0.15, -0.1) is 0 Å². The maximum Gasteiger partial charge on any atom is 0.258 e. The van der Waals surface area contributed by atoms with Crippen LogP contribution in [-0.4, -0.2) is 27.5 Å². The van der Waals surface area contributed by atoms with E-state index < -0.39 is 0 Å². The molecule has 3 aromatic rings. The molecule has 1 fully saturated rings. The van der Waals surface area contributed by atoms with Crippen molar-refractivity contribution in [3.8, 4) is 11.5 Å². The summed E-state index contributed by atoms with van der Waals surface area (Å²) in [6.45, 7) is 3.07. The minimum absolute atomic E-state index is 0.0634. The molecule has 0 aliphatic carbocycles. The quantitative estimate of drug-likeness (QED) is 0.693. The van der Waals surface area contributed by atoms with Crippen LogP contribution in [0.1, 0.15) is 29.3 Å². The van der Waals surface area contributed by atoms with E-state index in [1.54, 1.807) is 4.90 Å². The van der Waals surface area contributed by atoms with E-state index in [0.29, 0.717) is 36.2 Å². The highest BCUT2D eigenvalue weighted by molar-refractivity contribution is 6.31. The number of hydrogen-bond donors (Lipinski definition) is 0. The smallest absolute Gasteiger partial charge is 0.258 e. The molecule has 26 heavy (non-hydrogen) atoms. The van der Waals surface area contributed by atoms with E-state index in [-0.39, 0.29) is 11.8 Å². The maximum atomic E-state index is 12.4. The molecule has 1 saturated heterocycles. The molecule has 4 rings (SSSR count). The van der Waals surface area contributed by atoms with Gasteiger partial charge in [0.25, 0.3) is 5.89 Å². The molecular formula is C20H18ClN3O2. The van der Waals surface area contributed by atoms with Crippen molar-refractivity contribution in [3.05, 3.63) is 70.5 Å². The molecule has 0 saturated carbocycles. The van der Waals surface area contributed by atoms with E-state index in [1.165, 1.54) is 0 Å². The Hall–Kier alpha value is -2.66. The second-order valence-electron chi connectivity index (χ2n) is 6.54. The molecule has 0 spiro atoms. The van der Waals surface area contributed by atoms with Crippen molar-refractivity contribution in [1.82, 2.24) is 15.0 Å². The zero-order valence-electron chi connectivity index (χ0n) is 14.4. The predicted octanol–water partition coefficient (Wildman–Crippen LogP) is 4.21. The average Bonchev–Trinajstić information content (AvgIpc) is 3.25. The highest BCUT2D eigenvalue weighted by Gasteiger charge is 2.34. The van der Waals surface area contributed by atoms with Crippen LogP contribution < -0.4 is 0 Å². The Labute approximate surface area is 156 Å². The van der Waals surface area contributed by atoms with Gasteiger partial charge in [0, 0.05) is 36.0 Å². The Balaban J connectivity index is 1.51. The van der Waals surface area contributed by atoms with Crippen LogP contribution in [0.15, 0.2) is 53.1 Å². The number of carbonyl (C=O) groups is 1. The van der Waals surface area contributed by atoms with Crippen LogP contribution in [-0.2, 0) is 11.3 Å². The molecule has 0 radical (unpaired) electrons. The summed E-state index contributed by atoms with van der Waals surface area (Å²) in [5.74, 6) is 1.09. The molecular weight excluding hydrogens is 350 g/mol. The van der Waals surface area contributed by atoms with Gasteiger partial charge >= 0.3 is 0 Å². The van der Waals surface area contributed by atoms with Crippen LogP contribution in [0.4, 0.5) is 0 Å². The van der Waals surface area contributed by atoms with Crippen molar-refractivity contribution in [2.45, 2.75) is 25.8 Å². The van der Waals surface area contributed by atoms with Gasteiger partial charge in [-0.2, -0.15) is 4.98 Å². The lowest BCUT2D eigenvalue weighted by molar-refractivity contribution is -0.128. The molecule has 1 amide bonds. The number of rotatable bonds is 4. The molecule has 1 unspecified atom stereocenters. The highest BCUT2D eigenvalue weighted by atomic mass is 35.5. The third kappa shape index (κ3) is 3.22. The molecule has 1 aliphatic heterocycles. The molecule has 0 N–H and O–H groups in total. The number of amides is 1. The number of carbonyl (C=O) groups excluding carboxylic acids is 1. The molecule has 1 aliphatic rings. The van der Waals surface area contributed by atoms with Gasteiger partial charge in [-0.3, -0.25) is 4.79 Å². The molecule has 2 heterocycles. The molecule has 5 nitrogen and oxygen atoms in total. The van der Waals surface area contributed by atoms with Gasteiger partial charge in [-0.25, -0.2) is 0 Å². The Morgan fingerprint density at radius 1 is 1.19 bits per heavy atom. The van der Waals surface area contributed by atoms with Gasteiger partial charge in [0.1, 0.15) is 0 Å². The first-order valence-electron chi connectivity index (χ1n) is 8.52. The second-order valence-corrected chi connectivity index (χ2v) is 6.95. The molecule has 0 bridgehead atoms. The van der Waals surface area contributed by atoms with Gasteiger partial charge in [-0.1, -0.05) is 53.2 Å². The van der Waals surface area contributed by atoms with Crippen molar-refractivity contribution >= 4 is 17.5 Å². The number of aryl methyl sites for hydroxylation is 1. The number of likely N-dealkylation sites (tertiary alicyclic amines) is 1. The van der Waals surface area contributed by atoms with Crippen LogP contribution in [0.3, 0.4) is 0 Å². The highest BCUT2D eigenvalue weighted by Crippen LogP contribution is 2.30. The summed E-state index contributed by atoms with van der Waals surface area (Å²) in [6.07, 6.45) is 0.386. The summed E-state index contributed by atoms with van der Waals surface area (Å²) < 4.78 is 5.44. The summed E-state index contributed by atoms with van der Waals surface area (Å²) in [7, 11) is 0. The lowest BCUT2D eigenvalue weighted by Gasteiger charge is -2.16. The normalized spacial score (nSPS) is 17.1. The molecule has 1 atom stereocenters. The van der Waals surface area contributed by atoms with Crippen molar-refractivity contribution in [1.29, 1.82) is 0 Å². The zero-order chi connectivity index (χ0) is 18.1. The van der Waals surface area contributed by atoms with Crippen molar-refractivity contribution in [2.75, 3.05) is 6.54 Å². The number of benzene rings is 2. The number of aromatic nitrogens is 2. The fraction of sp³-hybridized carbons (Fsp3) is 0.250. The van der Waals surface area contributed by atoms with Gasteiger partial charge < -0.3 is 9.42 Å². The number of nitrogens with zero attached hydrogens (tertiary/aromatic N) is 3. The fourth-order valence-corrected chi connectivity index (χ4v) is 3.45. The van der Waals surface area contributed by atoms with Crippen LogP contribution >= 0.6 is 11.6 Å². The lowest BCUT2D eigenvalue weighted by atomic mass is 10.1. The van der Waals surface area contributed by atoms with Crippen LogP contribution in [0.2, 0.25) is 5.02 Å². The van der Waals surface area contributed by atoms with Crippen molar-refractivity contribution in [2.24, 2.45) is 0 Å². The fourth-order valence-electron chi connectivity index (χ4n) is 3.25. The number of halogens is 1. The Kier molecular flexibility index (Phi) is 4.47. The first-order chi connectivity index (χ1) is 12.6. The first kappa shape index (κ1) is 16.8. The molecule has 1 aromatic heterocycles. The van der Waals surface area contributed by atoms with E-state index in [4.69, 9.17) is 16.1 Å². The SMILES string of the molecule is Cc1ccccc1-c1nc(C2CC(=O)N(Cc3ccccc3Cl)C2)no1. The minimum Gasteiger partial charge on any atom is -0.338 e. The summed E-state index contributed by atoms with van der Waals surface area (Å²) in [5.41, 5.74) is 2.94. The maximum absolute atomic E-state index is 12.4. The van der Waals surface area contributed by atoms with E-state index in [0.717, 1.165) is 16.7 Å². The number of hydrogen-bond acceptors (Lipinski definition) is 4. The average molecular weight is 368 g/mol. The molecule has 6 heteroatoms. The molecule has 2 aromatic carbocycles. The van der Waals surface area contributed by atoms with E-state index >= 15 is 0 Å². The zero-order valence-corrected chi connectivity index (χ0v) is 15.1. The largest absolute Gasteiger partial charge is 0.338 e. The van der Waals surface area contributed by atoms with E-state index in [9.17, 15) is 4.79 Å². The van der Waals surface area contributed by atoms with Crippen molar-refractivity contribution < 1.29 is 9.32 Å². The third-order valence-electron chi connectivity index (χ3n) is 4.72. The summed E-state index contributed by atoms with van der Waals surface area (Å²) in [4.78, 5) is 18.7. The Bertz CT molecular complexity index is 953. The van der Waals surface area contributed by atoms with Gasteiger partial charge in [0.15, 0.2) is 5.82 Å². The summed E-state index contributed by atoms with van der Waals surface area (Å²) in [5, 5.41) is 4.79. The van der Waals surface area contributed by atoms with Crippen LogP contribution in [0, 0.1) is 6.92 Å². The third-order valence-corrected chi connectivity index (χ3v) is 5.08. The molecule has 132 valence electrons. The van der Waals surface area contributed by atoms with Crippen molar-refractivity contribution in [3.63, 3.8) is 0 Å². The van der Waals surface area contributed by atoms with Crippen LogP contribution in [0.5, 0.6) is 0 Å². The van der Waals surface area contributed by atoms with Crippen LogP contribution in [0.25, 0.3) is 11.5 Å². The van der Waals surface area contributed by atoms with E-state index in [1.807, 2.05) is 55.5 Å². The Morgan fingerprint density at radius 2 is 1.96 bits per heavy atom. The first-order valence-corrected chi connectivity index (χ1v) is 8.90. The van der Waals surface area contributed by atoms with Gasteiger partial charge in [-0.05, 0) is 30.2 Å². The summed E-state index contributed by atoms with van der Waals surface area (Å²) >= 11 is 6.21. The second kappa shape index (κ2) is 6.92. The topological polar surface area (TPSA) is 59.2 Å². The minimum atomic E-state index is -0.0634. The van der Waals surface area contributed by atoms with Gasteiger partial charge in [0.2, 0.25) is 5.91 Å². The monoisotopic (exact) mass is 367 g/mol. The summed E-state index contributed by atoms with van der Waals surface area (Å²) in [6, 6.07) is 15.4. The van der Waals surface area contributed by atoms with Gasteiger partial charge in [0.05, 0.1) is 0 Å². The predicted molar refractivity (Wildman–Crippen MR) is 98.7 cm³/mol. The van der Waals surface area contributed by atoms with E-state index in [2.05, 4.69) is 10.1 Å². The Morgan fingerprint density at radius 3 is 2.77 bits per heavy atom. The lowest BCUT2D eigenvalue weighted by Crippen LogP contribution is -2.24. The standard InChI is InChI=1S/C20H18ClN3O2/c1-13-6-2-4-8-16(13)20-22-19(23-26-20)15-10-18(25)24(12-15)11-14-7-3-5-9-17(14)21/h2-9,15H,10-12H2,1H3.